The maximum Gasteiger partial charge on any atom is 0.303 e. The molecule has 1 saturated heterocycles. The maximum atomic E-state index is 11.5. The molecule has 0 radical (unpaired) electrons. The average Bonchev–Trinajstić information content (AvgIpc) is 2.27. The van der Waals surface area contributed by atoms with Crippen LogP contribution in [-0.2, 0) is 19.6 Å². The molecule has 1 aliphatic heterocycles. The third-order valence-corrected chi connectivity index (χ3v) is 3.77. The molecule has 3 N–H and O–H groups in total. The normalized spacial score (nSPS) is 21.3. The topological polar surface area (TPSA) is 105 Å². The van der Waals surface area contributed by atoms with Crippen molar-refractivity contribution in [3.63, 3.8) is 0 Å². The van der Waals surface area contributed by atoms with Gasteiger partial charge in [-0.15, -0.1) is 0 Å². The van der Waals surface area contributed by atoms with E-state index in [0.29, 0.717) is 13.2 Å². The molecule has 0 aromatic heterocycles. The van der Waals surface area contributed by atoms with Crippen LogP contribution in [0.2, 0.25) is 0 Å². The molecule has 1 fully saturated rings. The van der Waals surface area contributed by atoms with E-state index in [1.807, 2.05) is 0 Å². The third-order valence-electron chi connectivity index (χ3n) is 2.34. The summed E-state index contributed by atoms with van der Waals surface area (Å²) in [5.41, 5.74) is 0. The molecule has 17 heavy (non-hydrogen) atoms. The van der Waals surface area contributed by atoms with Crippen LogP contribution in [-0.4, -0.2) is 57.6 Å². The van der Waals surface area contributed by atoms with Crippen molar-refractivity contribution in [3.8, 4) is 0 Å². The Balaban J connectivity index is 2.21. The fourth-order valence-corrected chi connectivity index (χ4v) is 2.56. The van der Waals surface area contributed by atoms with Gasteiger partial charge in [0, 0.05) is 26.1 Å². The minimum Gasteiger partial charge on any atom is -0.481 e. The fraction of sp³-hybridized carbons (Fsp3) is 0.889. The largest absolute Gasteiger partial charge is 0.481 e. The van der Waals surface area contributed by atoms with E-state index >= 15 is 0 Å². The number of carboxylic acids is 1. The van der Waals surface area contributed by atoms with Gasteiger partial charge in [-0.1, -0.05) is 0 Å². The minimum absolute atomic E-state index is 0.119. The predicted molar refractivity (Wildman–Crippen MR) is 61.3 cm³/mol. The van der Waals surface area contributed by atoms with E-state index in [9.17, 15) is 13.2 Å². The molecular formula is C9H18N2O5S. The number of carboxylic acid groups (broad SMARTS) is 1. The quantitative estimate of drug-likeness (QED) is 0.532. The highest BCUT2D eigenvalue weighted by molar-refractivity contribution is 7.89. The lowest BCUT2D eigenvalue weighted by atomic mass is 10.3. The molecule has 7 nitrogen and oxygen atoms in total. The first kappa shape index (κ1) is 14.4. The van der Waals surface area contributed by atoms with Crippen molar-refractivity contribution in [3.05, 3.63) is 0 Å². The van der Waals surface area contributed by atoms with Gasteiger partial charge < -0.3 is 15.2 Å². The molecule has 1 aliphatic rings. The summed E-state index contributed by atoms with van der Waals surface area (Å²) in [5.74, 6) is -1.15. The van der Waals surface area contributed by atoms with Gasteiger partial charge in [-0.25, -0.2) is 13.1 Å². The molecule has 8 heteroatoms. The molecule has 0 aromatic carbocycles. The van der Waals surface area contributed by atoms with Crippen LogP contribution in [0.4, 0.5) is 0 Å². The summed E-state index contributed by atoms with van der Waals surface area (Å²) < 4.78 is 30.7. The highest BCUT2D eigenvalue weighted by Gasteiger charge is 2.17. The van der Waals surface area contributed by atoms with Crippen LogP contribution in [0, 0.1) is 0 Å². The molecule has 1 unspecified atom stereocenters. The number of hydrogen-bond donors (Lipinski definition) is 3. The number of sulfonamides is 1. The van der Waals surface area contributed by atoms with Crippen molar-refractivity contribution >= 4 is 16.0 Å². The third kappa shape index (κ3) is 6.57. The number of rotatable bonds is 7. The monoisotopic (exact) mass is 266 g/mol. The number of ether oxygens (including phenoxy) is 1. The van der Waals surface area contributed by atoms with Crippen molar-refractivity contribution in [2.24, 2.45) is 0 Å². The highest BCUT2D eigenvalue weighted by atomic mass is 32.2. The van der Waals surface area contributed by atoms with Gasteiger partial charge in [0.15, 0.2) is 0 Å². The molecule has 0 aliphatic carbocycles. The first-order valence-electron chi connectivity index (χ1n) is 5.51. The van der Waals surface area contributed by atoms with Crippen LogP contribution < -0.4 is 10.0 Å². The molecule has 1 heterocycles. The van der Waals surface area contributed by atoms with E-state index < -0.39 is 16.0 Å². The van der Waals surface area contributed by atoms with Gasteiger partial charge in [0.1, 0.15) is 0 Å². The van der Waals surface area contributed by atoms with Gasteiger partial charge in [0.2, 0.25) is 10.0 Å². The van der Waals surface area contributed by atoms with Crippen molar-refractivity contribution < 1.29 is 23.1 Å². The van der Waals surface area contributed by atoms with Crippen LogP contribution >= 0.6 is 0 Å². The lowest BCUT2D eigenvalue weighted by Gasteiger charge is -2.23. The number of carbonyl (C=O) groups is 1. The van der Waals surface area contributed by atoms with Crippen molar-refractivity contribution in [2.75, 3.05) is 32.0 Å². The van der Waals surface area contributed by atoms with Crippen LogP contribution in [0.15, 0.2) is 0 Å². The van der Waals surface area contributed by atoms with E-state index in [4.69, 9.17) is 9.84 Å². The Kier molecular flexibility index (Phi) is 5.83. The van der Waals surface area contributed by atoms with Crippen molar-refractivity contribution in [2.45, 2.75) is 18.9 Å². The molecule has 0 spiro atoms. The number of hydrogen-bond acceptors (Lipinski definition) is 5. The second kappa shape index (κ2) is 6.90. The van der Waals surface area contributed by atoms with E-state index in [0.717, 1.165) is 6.54 Å². The number of aliphatic carboxylic acids is 1. The summed E-state index contributed by atoms with van der Waals surface area (Å²) in [6.07, 6.45) is -0.172. The first-order valence-corrected chi connectivity index (χ1v) is 7.16. The Bertz CT molecular complexity index is 337. The lowest BCUT2D eigenvalue weighted by Crippen LogP contribution is -2.45. The molecule has 0 amide bonds. The highest BCUT2D eigenvalue weighted by Crippen LogP contribution is 1.98. The lowest BCUT2D eigenvalue weighted by molar-refractivity contribution is -0.137. The summed E-state index contributed by atoms with van der Waals surface area (Å²) in [6.45, 7) is 2.20. The average molecular weight is 266 g/mol. The fourth-order valence-electron chi connectivity index (χ4n) is 1.46. The Morgan fingerprint density at radius 3 is 2.88 bits per heavy atom. The Morgan fingerprint density at radius 2 is 2.29 bits per heavy atom. The second-order valence-corrected chi connectivity index (χ2v) is 5.79. The second-order valence-electron chi connectivity index (χ2n) is 3.86. The van der Waals surface area contributed by atoms with Crippen LogP contribution in [0.1, 0.15) is 12.8 Å². The van der Waals surface area contributed by atoms with E-state index in [1.54, 1.807) is 0 Å². The molecule has 0 aromatic rings. The van der Waals surface area contributed by atoms with Crippen molar-refractivity contribution in [1.82, 2.24) is 10.0 Å². The van der Waals surface area contributed by atoms with Crippen LogP contribution in [0.5, 0.6) is 0 Å². The van der Waals surface area contributed by atoms with Gasteiger partial charge in [-0.05, 0) is 6.42 Å². The van der Waals surface area contributed by atoms with Crippen LogP contribution in [0.25, 0.3) is 0 Å². The van der Waals surface area contributed by atoms with Crippen LogP contribution in [0.3, 0.4) is 0 Å². The Morgan fingerprint density at radius 1 is 1.53 bits per heavy atom. The summed E-state index contributed by atoms with van der Waals surface area (Å²) in [5, 5.41) is 11.5. The zero-order valence-electron chi connectivity index (χ0n) is 9.52. The molecule has 1 atom stereocenters. The van der Waals surface area contributed by atoms with Gasteiger partial charge in [0.25, 0.3) is 0 Å². The zero-order chi connectivity index (χ0) is 12.7. The van der Waals surface area contributed by atoms with E-state index in [2.05, 4.69) is 10.0 Å². The summed E-state index contributed by atoms with van der Waals surface area (Å²) >= 11 is 0. The summed E-state index contributed by atoms with van der Waals surface area (Å²) in [4.78, 5) is 10.2. The van der Waals surface area contributed by atoms with Gasteiger partial charge >= 0.3 is 5.97 Å². The standard InChI is InChI=1S/C9H18N2O5S/c12-9(13)2-1-5-17(14,15)11-7-8-6-10-3-4-16-8/h8,10-11H,1-7H2,(H,12,13). The number of morpholine rings is 1. The molecule has 100 valence electrons. The van der Waals surface area contributed by atoms with Gasteiger partial charge in [-0.3, -0.25) is 4.79 Å². The maximum absolute atomic E-state index is 11.5. The predicted octanol–water partition coefficient (Wildman–Crippen LogP) is -1.24. The molecular weight excluding hydrogens is 248 g/mol. The molecule has 0 bridgehead atoms. The zero-order valence-corrected chi connectivity index (χ0v) is 10.3. The van der Waals surface area contributed by atoms with Gasteiger partial charge in [-0.2, -0.15) is 0 Å². The SMILES string of the molecule is O=C(O)CCCS(=O)(=O)NCC1CNCCO1. The first-order chi connectivity index (χ1) is 7.99. The van der Waals surface area contributed by atoms with E-state index in [1.165, 1.54) is 0 Å². The Labute approximate surface area is 101 Å². The smallest absolute Gasteiger partial charge is 0.303 e. The van der Waals surface area contributed by atoms with Crippen molar-refractivity contribution in [1.29, 1.82) is 0 Å². The molecule has 0 saturated carbocycles. The Hall–Kier alpha value is -0.700. The molecule has 1 rings (SSSR count). The van der Waals surface area contributed by atoms with E-state index in [-0.39, 0.29) is 31.2 Å². The summed E-state index contributed by atoms with van der Waals surface area (Å²) in [7, 11) is -3.40. The number of nitrogens with one attached hydrogen (secondary N) is 2. The summed E-state index contributed by atoms with van der Waals surface area (Å²) in [6, 6.07) is 0. The minimum atomic E-state index is -3.40. The van der Waals surface area contributed by atoms with Gasteiger partial charge in [0.05, 0.1) is 18.5 Å².